The number of hydrogen-bond donors (Lipinski definition) is 3. The van der Waals surface area contributed by atoms with Crippen molar-refractivity contribution < 1.29 is 14.7 Å². The fraction of sp³-hybridized carbons (Fsp3) is 0.500. The molecule has 1 aromatic rings. The maximum absolute atomic E-state index is 11.6. The molecule has 1 atom stereocenters. The van der Waals surface area contributed by atoms with Crippen LogP contribution in [0.25, 0.3) is 0 Å². The first-order chi connectivity index (χ1) is 11.9. The second-order valence-electron chi connectivity index (χ2n) is 6.05. The van der Waals surface area contributed by atoms with E-state index in [-0.39, 0.29) is 12.3 Å². The summed E-state index contributed by atoms with van der Waals surface area (Å²) in [5, 5.41) is 15.2. The Balaban J connectivity index is 0.000000970. The number of thioether (sulfide) groups is 1. The van der Waals surface area contributed by atoms with Crippen molar-refractivity contribution in [2.45, 2.75) is 58.2 Å². The summed E-state index contributed by atoms with van der Waals surface area (Å²) in [5.41, 5.74) is 5.26. The van der Waals surface area contributed by atoms with Gasteiger partial charge in [0.05, 0.1) is 13.0 Å². The van der Waals surface area contributed by atoms with Crippen molar-refractivity contribution in [1.82, 2.24) is 10.7 Å². The summed E-state index contributed by atoms with van der Waals surface area (Å²) >= 11 is 1.13. The van der Waals surface area contributed by atoms with Crippen molar-refractivity contribution in [3.63, 3.8) is 0 Å². The zero-order valence-corrected chi connectivity index (χ0v) is 16.0. The number of carboxylic acids is 1. The maximum atomic E-state index is 11.6. The van der Waals surface area contributed by atoms with Gasteiger partial charge in [-0.05, 0) is 17.0 Å². The summed E-state index contributed by atoms with van der Waals surface area (Å²) in [6.45, 7) is 9.08. The minimum absolute atomic E-state index is 0.202. The van der Waals surface area contributed by atoms with Gasteiger partial charge in [-0.2, -0.15) is 5.10 Å². The first-order valence-electron chi connectivity index (χ1n) is 8.46. The van der Waals surface area contributed by atoms with Gasteiger partial charge in [-0.25, -0.2) is 0 Å². The molecular weight excluding hydrogens is 338 g/mol. The Morgan fingerprint density at radius 1 is 1.32 bits per heavy atom. The Morgan fingerprint density at radius 3 is 2.44 bits per heavy atom. The van der Waals surface area contributed by atoms with E-state index in [1.807, 2.05) is 12.1 Å². The fourth-order valence-electron chi connectivity index (χ4n) is 1.97. The molecule has 1 fully saturated rings. The Kier molecular flexibility index (Phi) is 9.05. The lowest BCUT2D eigenvalue weighted by Gasteiger charge is -2.07. The molecule has 3 N–H and O–H groups in total. The second kappa shape index (κ2) is 10.8. The van der Waals surface area contributed by atoms with E-state index in [4.69, 9.17) is 5.11 Å². The van der Waals surface area contributed by atoms with E-state index in [9.17, 15) is 9.59 Å². The topological polar surface area (TPSA) is 90.8 Å². The first-order valence-corrected chi connectivity index (χ1v) is 9.34. The van der Waals surface area contributed by atoms with Gasteiger partial charge in [-0.3, -0.25) is 9.59 Å². The molecule has 0 spiro atoms. The Morgan fingerprint density at radius 2 is 1.92 bits per heavy atom. The lowest BCUT2D eigenvalue weighted by Crippen LogP contribution is -2.27. The number of carbonyl (C=O) groups is 2. The van der Waals surface area contributed by atoms with Gasteiger partial charge in [0.15, 0.2) is 5.17 Å². The number of carbonyl (C=O) groups excluding carboxylic acids is 1. The number of hydrazone groups is 1. The van der Waals surface area contributed by atoms with E-state index < -0.39 is 11.2 Å². The van der Waals surface area contributed by atoms with E-state index in [0.29, 0.717) is 17.6 Å². The van der Waals surface area contributed by atoms with E-state index in [0.717, 1.165) is 17.3 Å². The van der Waals surface area contributed by atoms with Crippen LogP contribution in [0.5, 0.6) is 0 Å². The molecule has 0 bridgehead atoms. The highest BCUT2D eigenvalue weighted by atomic mass is 32.2. The van der Waals surface area contributed by atoms with Crippen LogP contribution < -0.4 is 10.7 Å². The molecule has 138 valence electrons. The summed E-state index contributed by atoms with van der Waals surface area (Å²) in [4.78, 5) is 22.2. The summed E-state index contributed by atoms with van der Waals surface area (Å²) < 4.78 is 0. The number of benzene rings is 1. The second-order valence-corrected chi connectivity index (χ2v) is 7.24. The zero-order valence-electron chi connectivity index (χ0n) is 15.2. The van der Waals surface area contributed by atoms with Crippen LogP contribution in [0.1, 0.15) is 57.6 Å². The highest BCUT2D eigenvalue weighted by molar-refractivity contribution is 8.15. The Hall–Kier alpha value is -2.02. The lowest BCUT2D eigenvalue weighted by molar-refractivity contribution is -0.138. The van der Waals surface area contributed by atoms with Gasteiger partial charge in [0, 0.05) is 0 Å². The average molecular weight is 365 g/mol. The molecule has 0 aliphatic carbocycles. The average Bonchev–Trinajstić information content (AvgIpc) is 2.88. The van der Waals surface area contributed by atoms with Crippen molar-refractivity contribution in [3.05, 3.63) is 35.4 Å². The number of hydrogen-bond acceptors (Lipinski definition) is 5. The van der Waals surface area contributed by atoms with Crippen LogP contribution >= 0.6 is 11.8 Å². The third-order valence-electron chi connectivity index (χ3n) is 3.25. The van der Waals surface area contributed by atoms with Crippen molar-refractivity contribution in [3.8, 4) is 0 Å². The van der Waals surface area contributed by atoms with E-state index in [2.05, 4.69) is 55.7 Å². The minimum atomic E-state index is -0.993. The highest BCUT2D eigenvalue weighted by Gasteiger charge is 2.32. The zero-order chi connectivity index (χ0) is 18.8. The minimum Gasteiger partial charge on any atom is -0.481 e. The van der Waals surface area contributed by atoms with Gasteiger partial charge in [0.1, 0.15) is 5.25 Å². The van der Waals surface area contributed by atoms with Crippen molar-refractivity contribution in [1.29, 1.82) is 0 Å². The molecule has 25 heavy (non-hydrogen) atoms. The van der Waals surface area contributed by atoms with E-state index >= 15 is 0 Å². The molecule has 1 aromatic carbocycles. The molecule has 6 nitrogen and oxygen atoms in total. The van der Waals surface area contributed by atoms with Gasteiger partial charge in [0.25, 0.3) is 0 Å². The van der Waals surface area contributed by atoms with E-state index in [1.165, 1.54) is 12.0 Å². The van der Waals surface area contributed by atoms with Crippen LogP contribution in [0.3, 0.4) is 0 Å². The van der Waals surface area contributed by atoms with Gasteiger partial charge in [-0.15, -0.1) is 0 Å². The number of nitrogens with one attached hydrogen (secondary N) is 2. The van der Waals surface area contributed by atoms with Crippen LogP contribution in [0.15, 0.2) is 29.4 Å². The molecule has 0 aromatic heterocycles. The molecule has 2 rings (SSSR count). The third-order valence-corrected chi connectivity index (χ3v) is 4.33. The number of amidine groups is 1. The molecule has 1 aliphatic rings. The molecule has 0 saturated carbocycles. The van der Waals surface area contributed by atoms with Gasteiger partial charge < -0.3 is 15.8 Å². The summed E-state index contributed by atoms with van der Waals surface area (Å²) in [7, 11) is 0. The molecule has 1 aliphatic heterocycles. The van der Waals surface area contributed by atoms with Crippen molar-refractivity contribution in [2.75, 3.05) is 0 Å². The predicted molar refractivity (Wildman–Crippen MR) is 103 cm³/mol. The van der Waals surface area contributed by atoms with Crippen LogP contribution in [-0.4, -0.2) is 27.4 Å². The van der Waals surface area contributed by atoms with Gasteiger partial charge in [0.2, 0.25) is 5.91 Å². The first kappa shape index (κ1) is 21.0. The molecule has 1 saturated heterocycles. The monoisotopic (exact) mass is 365 g/mol. The van der Waals surface area contributed by atoms with E-state index in [1.54, 1.807) is 0 Å². The number of aliphatic carboxylic acids is 1. The maximum Gasteiger partial charge on any atom is 0.305 e. The normalized spacial score (nSPS) is 17.9. The molecular formula is C18H27N3O3S. The summed E-state index contributed by atoms with van der Waals surface area (Å²) in [6.07, 6.45) is 1.05. The van der Waals surface area contributed by atoms with Crippen LogP contribution in [-0.2, 0) is 16.1 Å². The lowest BCUT2D eigenvalue weighted by atomic mass is 10.0. The number of rotatable bonds is 6. The number of amides is 1. The fourth-order valence-corrected chi connectivity index (χ4v) is 2.91. The van der Waals surface area contributed by atoms with Crippen LogP contribution in [0.4, 0.5) is 0 Å². The van der Waals surface area contributed by atoms with Crippen LogP contribution in [0, 0.1) is 0 Å². The predicted octanol–water partition coefficient (Wildman–Crippen LogP) is 3.29. The van der Waals surface area contributed by atoms with Gasteiger partial charge in [-0.1, -0.05) is 70.1 Å². The SMILES string of the molecule is CC(C)c1ccc(CN/N=C2/NC(=O)C(CC(=O)O)S2)cc1.CCC. The molecule has 1 heterocycles. The number of nitrogens with zero attached hydrogens (tertiary/aromatic N) is 1. The largest absolute Gasteiger partial charge is 0.481 e. The summed E-state index contributed by atoms with van der Waals surface area (Å²) in [6, 6.07) is 8.25. The van der Waals surface area contributed by atoms with Gasteiger partial charge >= 0.3 is 5.97 Å². The van der Waals surface area contributed by atoms with Crippen molar-refractivity contribution in [2.24, 2.45) is 5.10 Å². The smallest absolute Gasteiger partial charge is 0.305 e. The molecule has 7 heteroatoms. The highest BCUT2D eigenvalue weighted by Crippen LogP contribution is 2.22. The van der Waals surface area contributed by atoms with Crippen LogP contribution in [0.2, 0.25) is 0 Å². The Bertz CT molecular complexity index is 600. The summed E-state index contributed by atoms with van der Waals surface area (Å²) in [5.74, 6) is -0.806. The molecule has 1 unspecified atom stereocenters. The standard InChI is InChI=1S/C15H19N3O3S.C3H8/c1-9(2)11-5-3-10(4-6-11)8-16-18-15-17-14(21)12(22-15)7-13(19)20;1-3-2/h3-6,9,12,16H,7-8H2,1-2H3,(H,19,20)(H,17,18,21);3H2,1-2H3. The quantitative estimate of drug-likeness (QED) is 0.673. The third kappa shape index (κ3) is 7.60. The molecule has 0 radical (unpaired) electrons. The number of carboxylic acid groups (broad SMARTS) is 1. The molecule has 1 amide bonds. The Labute approximate surface area is 153 Å². The van der Waals surface area contributed by atoms with Crippen molar-refractivity contribution >= 4 is 28.8 Å².